The van der Waals surface area contributed by atoms with Crippen LogP contribution in [0.15, 0.2) is 48.5 Å². The molecule has 3 aromatic rings. The molecule has 0 spiro atoms. The van der Waals surface area contributed by atoms with Crippen molar-refractivity contribution in [3.05, 3.63) is 94.3 Å². The predicted octanol–water partition coefficient (Wildman–Crippen LogP) is 4.35. The number of hydrogen-bond acceptors (Lipinski definition) is 4. The zero-order chi connectivity index (χ0) is 26.1. The van der Waals surface area contributed by atoms with E-state index in [1.54, 1.807) is 0 Å². The van der Waals surface area contributed by atoms with Gasteiger partial charge in [0.1, 0.15) is 12.6 Å². The van der Waals surface area contributed by atoms with Crippen LogP contribution < -0.4 is 11.1 Å². The van der Waals surface area contributed by atoms with Crippen LogP contribution in [0.4, 0.5) is 26.7 Å². The molecule has 0 bridgehead atoms. The summed E-state index contributed by atoms with van der Waals surface area (Å²) in [6.45, 7) is -0.208. The van der Waals surface area contributed by atoms with Crippen molar-refractivity contribution in [1.82, 2.24) is 5.32 Å². The van der Waals surface area contributed by atoms with Crippen molar-refractivity contribution in [3.63, 3.8) is 0 Å². The van der Waals surface area contributed by atoms with Crippen molar-refractivity contribution in [2.75, 3.05) is 6.61 Å². The van der Waals surface area contributed by atoms with Crippen molar-refractivity contribution in [2.24, 2.45) is 5.73 Å². The van der Waals surface area contributed by atoms with Gasteiger partial charge < -0.3 is 15.8 Å². The maximum atomic E-state index is 14.1. The molecule has 0 heterocycles. The summed E-state index contributed by atoms with van der Waals surface area (Å²) in [5.74, 6) is -15.3. The molecule has 1 aliphatic carbocycles. The zero-order valence-electron chi connectivity index (χ0n) is 18.3. The SMILES string of the molecule is NC(=O)C[C@@H](NC(=O)OCC1c2ccccc2-c2ccccc21)C(=O)c1c(F)c(F)c(F)c(F)c1F. The van der Waals surface area contributed by atoms with E-state index in [0.29, 0.717) is 0 Å². The standard InChI is InChI=1S/C25H17F5N2O4/c26-19-18(20(27)22(29)23(30)21(19)28)24(34)16(9-17(31)33)32-25(35)36-10-15-13-7-3-1-5-11(13)12-6-2-4-8-14(12)15/h1-8,15-16H,9-10H2,(H2,31,33)(H,32,35)/t16-/m1/s1. The van der Waals surface area contributed by atoms with E-state index in [0.717, 1.165) is 22.3 Å². The van der Waals surface area contributed by atoms with Gasteiger partial charge in [0.2, 0.25) is 11.7 Å². The first kappa shape index (κ1) is 24.8. The van der Waals surface area contributed by atoms with Gasteiger partial charge in [0.15, 0.2) is 29.1 Å². The first-order valence-electron chi connectivity index (χ1n) is 10.6. The van der Waals surface area contributed by atoms with Crippen LogP contribution >= 0.6 is 0 Å². The number of halogens is 5. The second-order valence-electron chi connectivity index (χ2n) is 8.00. The molecule has 186 valence electrons. The molecule has 0 aliphatic heterocycles. The summed E-state index contributed by atoms with van der Waals surface area (Å²) in [6.07, 6.45) is -2.25. The lowest BCUT2D eigenvalue weighted by atomic mass is 9.98. The third-order valence-corrected chi connectivity index (χ3v) is 5.81. The van der Waals surface area contributed by atoms with Gasteiger partial charge in [0, 0.05) is 5.92 Å². The van der Waals surface area contributed by atoms with Crippen molar-refractivity contribution in [1.29, 1.82) is 0 Å². The van der Waals surface area contributed by atoms with Gasteiger partial charge in [0.05, 0.1) is 12.0 Å². The summed E-state index contributed by atoms with van der Waals surface area (Å²) >= 11 is 0. The number of nitrogens with one attached hydrogen (secondary N) is 1. The smallest absolute Gasteiger partial charge is 0.407 e. The lowest BCUT2D eigenvalue weighted by molar-refractivity contribution is -0.118. The highest BCUT2D eigenvalue weighted by Crippen LogP contribution is 2.44. The molecule has 36 heavy (non-hydrogen) atoms. The van der Waals surface area contributed by atoms with E-state index < -0.39 is 64.9 Å². The molecule has 3 aromatic carbocycles. The van der Waals surface area contributed by atoms with Crippen LogP contribution in [0.1, 0.15) is 33.8 Å². The zero-order valence-corrected chi connectivity index (χ0v) is 18.3. The molecule has 6 nitrogen and oxygen atoms in total. The van der Waals surface area contributed by atoms with E-state index in [-0.39, 0.29) is 12.5 Å². The summed E-state index contributed by atoms with van der Waals surface area (Å²) < 4.78 is 73.9. The van der Waals surface area contributed by atoms with E-state index in [9.17, 15) is 36.3 Å². The molecule has 2 amide bonds. The van der Waals surface area contributed by atoms with E-state index in [1.165, 1.54) is 0 Å². The number of Topliss-reactive ketones (excluding diaryl/α,β-unsaturated/α-hetero) is 1. The number of primary amides is 1. The minimum Gasteiger partial charge on any atom is -0.449 e. The first-order chi connectivity index (χ1) is 17.1. The van der Waals surface area contributed by atoms with Crippen LogP contribution in [0, 0.1) is 29.1 Å². The second-order valence-corrected chi connectivity index (χ2v) is 8.00. The lowest BCUT2D eigenvalue weighted by Crippen LogP contribution is -2.44. The van der Waals surface area contributed by atoms with E-state index in [4.69, 9.17) is 10.5 Å². The predicted molar refractivity (Wildman–Crippen MR) is 116 cm³/mol. The lowest BCUT2D eigenvalue weighted by Gasteiger charge is -2.19. The molecule has 0 radical (unpaired) electrons. The van der Waals surface area contributed by atoms with Crippen LogP contribution in [0.5, 0.6) is 0 Å². The molecule has 11 heteroatoms. The fourth-order valence-corrected chi connectivity index (χ4v) is 4.19. The molecule has 0 aromatic heterocycles. The Kier molecular flexibility index (Phi) is 6.73. The maximum absolute atomic E-state index is 14.1. The van der Waals surface area contributed by atoms with Gasteiger partial charge in [-0.1, -0.05) is 48.5 Å². The Morgan fingerprint density at radius 1 is 0.806 bits per heavy atom. The van der Waals surface area contributed by atoms with Gasteiger partial charge in [-0.25, -0.2) is 26.7 Å². The van der Waals surface area contributed by atoms with Gasteiger partial charge in [0.25, 0.3) is 0 Å². The quantitative estimate of drug-likeness (QED) is 0.216. The van der Waals surface area contributed by atoms with Crippen LogP contribution in [-0.2, 0) is 9.53 Å². The topological polar surface area (TPSA) is 98.5 Å². The Morgan fingerprint density at radius 2 is 1.28 bits per heavy atom. The summed E-state index contributed by atoms with van der Waals surface area (Å²) in [5.41, 5.74) is 6.86. The third kappa shape index (κ3) is 4.39. The Labute approximate surface area is 200 Å². The first-order valence-corrected chi connectivity index (χ1v) is 10.6. The van der Waals surface area contributed by atoms with Crippen LogP contribution in [0.3, 0.4) is 0 Å². The molecule has 3 N–H and O–H groups in total. The molecule has 0 saturated heterocycles. The Hall–Kier alpha value is -4.28. The second kappa shape index (κ2) is 9.76. The van der Waals surface area contributed by atoms with Crippen molar-refractivity contribution < 1.29 is 41.1 Å². The van der Waals surface area contributed by atoms with Crippen LogP contribution in [0.2, 0.25) is 0 Å². The number of nitrogens with two attached hydrogens (primary N) is 1. The van der Waals surface area contributed by atoms with Gasteiger partial charge in [-0.05, 0) is 22.3 Å². The van der Waals surface area contributed by atoms with E-state index >= 15 is 0 Å². The Morgan fingerprint density at radius 3 is 1.78 bits per heavy atom. The van der Waals surface area contributed by atoms with Gasteiger partial charge >= 0.3 is 6.09 Å². The van der Waals surface area contributed by atoms with Crippen LogP contribution in [0.25, 0.3) is 11.1 Å². The average molecular weight is 504 g/mol. The summed E-state index contributed by atoms with van der Waals surface area (Å²) in [5, 5.41) is 1.94. The molecule has 1 aliphatic rings. The summed E-state index contributed by atoms with van der Waals surface area (Å²) in [4.78, 5) is 36.5. The number of rotatable bonds is 7. The number of alkyl carbamates (subject to hydrolysis) is 1. The molecule has 4 rings (SSSR count). The number of amides is 2. The maximum Gasteiger partial charge on any atom is 0.407 e. The molecular weight excluding hydrogens is 487 g/mol. The number of ether oxygens (including phenoxy) is 1. The summed E-state index contributed by atoms with van der Waals surface area (Å²) in [7, 11) is 0. The highest BCUT2D eigenvalue weighted by atomic mass is 19.2. The third-order valence-electron chi connectivity index (χ3n) is 5.81. The molecule has 0 fully saturated rings. The van der Waals surface area contributed by atoms with Crippen molar-refractivity contribution in [2.45, 2.75) is 18.4 Å². The number of ketones is 1. The van der Waals surface area contributed by atoms with Gasteiger partial charge in [-0.15, -0.1) is 0 Å². The number of carbonyl (C=O) groups is 3. The minimum absolute atomic E-state index is 0.208. The van der Waals surface area contributed by atoms with E-state index in [2.05, 4.69) is 0 Å². The normalized spacial score (nSPS) is 13.0. The van der Waals surface area contributed by atoms with Gasteiger partial charge in [-0.2, -0.15) is 0 Å². The fraction of sp³-hybridized carbons (Fsp3) is 0.160. The monoisotopic (exact) mass is 504 g/mol. The number of benzene rings is 3. The fourth-order valence-electron chi connectivity index (χ4n) is 4.19. The number of carbonyl (C=O) groups excluding carboxylic acids is 3. The number of fused-ring (bicyclic) bond motifs is 3. The summed E-state index contributed by atoms with van der Waals surface area (Å²) in [6, 6.07) is 12.8. The average Bonchev–Trinajstić information content (AvgIpc) is 3.18. The molecule has 0 unspecified atom stereocenters. The molecular formula is C25H17F5N2O4. The minimum atomic E-state index is -2.46. The van der Waals surface area contributed by atoms with E-state index in [1.807, 2.05) is 53.8 Å². The van der Waals surface area contributed by atoms with Crippen molar-refractivity contribution >= 4 is 17.8 Å². The van der Waals surface area contributed by atoms with Gasteiger partial charge in [-0.3, -0.25) is 9.59 Å². The van der Waals surface area contributed by atoms with Crippen molar-refractivity contribution in [3.8, 4) is 11.1 Å². The Bertz CT molecular complexity index is 1320. The highest BCUT2D eigenvalue weighted by molar-refractivity contribution is 6.04. The largest absolute Gasteiger partial charge is 0.449 e. The van der Waals surface area contributed by atoms with Crippen LogP contribution in [-0.4, -0.2) is 30.4 Å². The molecule has 0 saturated carbocycles. The Balaban J connectivity index is 1.54. The highest BCUT2D eigenvalue weighted by Gasteiger charge is 2.35. The number of hydrogen-bond donors (Lipinski definition) is 2. The molecule has 1 atom stereocenters.